The molecule has 0 saturated carbocycles. The van der Waals surface area contributed by atoms with Crippen LogP contribution in [-0.2, 0) is 0 Å². The Bertz CT molecular complexity index is 3510. The number of fused-ring (bicyclic) bond motifs is 8. The zero-order chi connectivity index (χ0) is 39.6. The van der Waals surface area contributed by atoms with Gasteiger partial charge in [-0.1, -0.05) is 121 Å². The number of rotatable bonds is 7. The van der Waals surface area contributed by atoms with Crippen LogP contribution in [0.3, 0.4) is 0 Å². The van der Waals surface area contributed by atoms with E-state index < -0.39 is 0 Å². The molecule has 0 fully saturated rings. The van der Waals surface area contributed by atoms with E-state index in [0.717, 1.165) is 66.8 Å². The highest BCUT2D eigenvalue weighted by molar-refractivity contribution is 7.25. The first-order valence-electron chi connectivity index (χ1n) is 20.1. The fourth-order valence-corrected chi connectivity index (χ4v) is 9.76. The number of hydrogen-bond donors (Lipinski definition) is 0. The second-order valence-corrected chi connectivity index (χ2v) is 16.2. The van der Waals surface area contributed by atoms with E-state index in [-0.39, 0.29) is 0 Å². The van der Waals surface area contributed by atoms with Gasteiger partial charge < -0.3 is 13.7 Å². The van der Waals surface area contributed by atoms with Crippen molar-refractivity contribution < 1.29 is 8.83 Å². The number of nitrogens with zero attached hydrogens (tertiary/aromatic N) is 2. The lowest BCUT2D eigenvalue weighted by Gasteiger charge is -2.26. The van der Waals surface area contributed by atoms with Gasteiger partial charge >= 0.3 is 0 Å². The molecule has 0 saturated heterocycles. The molecule has 9 aromatic carbocycles. The minimum atomic E-state index is 0.599. The highest BCUT2D eigenvalue weighted by Crippen LogP contribution is 2.43. The van der Waals surface area contributed by atoms with Crippen molar-refractivity contribution in [2.45, 2.75) is 0 Å². The van der Waals surface area contributed by atoms with E-state index in [1.54, 1.807) is 0 Å². The molecule has 0 N–H and O–H groups in total. The number of furan rings is 1. The van der Waals surface area contributed by atoms with Gasteiger partial charge in [0.2, 0.25) is 5.89 Å². The monoisotopic (exact) mass is 786 g/mol. The van der Waals surface area contributed by atoms with Crippen LogP contribution in [0.15, 0.2) is 215 Å². The maximum Gasteiger partial charge on any atom is 0.227 e. The molecular weight excluding hydrogens is 753 g/mol. The summed E-state index contributed by atoms with van der Waals surface area (Å²) in [6, 6.07) is 72.9. The zero-order valence-electron chi connectivity index (χ0n) is 32.2. The van der Waals surface area contributed by atoms with Gasteiger partial charge in [0.1, 0.15) is 16.7 Å². The molecule has 0 amide bonds. The van der Waals surface area contributed by atoms with Crippen LogP contribution >= 0.6 is 11.3 Å². The van der Waals surface area contributed by atoms with E-state index >= 15 is 0 Å². The van der Waals surface area contributed by atoms with Gasteiger partial charge in [-0.05, 0) is 118 Å². The van der Waals surface area contributed by atoms with E-state index in [0.29, 0.717) is 5.89 Å². The van der Waals surface area contributed by atoms with Gasteiger partial charge in [0.25, 0.3) is 0 Å². The summed E-state index contributed by atoms with van der Waals surface area (Å²) in [5.74, 6) is 0.599. The molecule has 3 aromatic heterocycles. The van der Waals surface area contributed by atoms with Crippen LogP contribution in [0.1, 0.15) is 0 Å². The lowest BCUT2D eigenvalue weighted by molar-refractivity contribution is 0.619. The van der Waals surface area contributed by atoms with Crippen LogP contribution in [-0.4, -0.2) is 4.98 Å². The molecule has 5 heteroatoms. The standard InChI is InChI=1S/C55H34N2O2S/c1-3-10-35(11-4-1)36-18-25-41(26-19-36)57(43-29-22-38(23-30-43)44-15-9-17-51-52(44)45-14-7-8-16-50(45)60-51)42-27-20-37(21-28-42)40-24-31-47-46(34-40)53-48(58-47)32-33-49-54(53)56-55(59-49)39-12-5-2-6-13-39/h1-34H. The predicted molar refractivity (Wildman–Crippen MR) is 251 cm³/mol. The molecule has 0 bridgehead atoms. The molecule has 3 heterocycles. The molecule has 0 atom stereocenters. The molecule has 0 unspecified atom stereocenters. The molecular formula is C55H34N2O2S. The number of thiophene rings is 1. The summed E-state index contributed by atoms with van der Waals surface area (Å²) in [5.41, 5.74) is 14.4. The van der Waals surface area contributed by atoms with E-state index in [4.69, 9.17) is 13.8 Å². The molecule has 0 aliphatic heterocycles. The van der Waals surface area contributed by atoms with Gasteiger partial charge in [-0.15, -0.1) is 11.3 Å². The van der Waals surface area contributed by atoms with Gasteiger partial charge in [0.15, 0.2) is 5.58 Å². The van der Waals surface area contributed by atoms with Gasteiger partial charge in [-0.25, -0.2) is 4.98 Å². The van der Waals surface area contributed by atoms with Crippen molar-refractivity contribution in [2.75, 3.05) is 4.90 Å². The third-order valence-corrected chi connectivity index (χ3v) is 12.7. The second-order valence-electron chi connectivity index (χ2n) is 15.1. The average molecular weight is 787 g/mol. The van der Waals surface area contributed by atoms with Gasteiger partial charge in [0, 0.05) is 48.2 Å². The molecule has 0 aliphatic rings. The van der Waals surface area contributed by atoms with Gasteiger partial charge in [-0.3, -0.25) is 0 Å². The quantitative estimate of drug-likeness (QED) is 0.161. The summed E-state index contributed by atoms with van der Waals surface area (Å²) in [4.78, 5) is 7.30. The Kier molecular flexibility index (Phi) is 8.00. The first kappa shape index (κ1) is 34.3. The normalized spacial score (nSPS) is 11.7. The van der Waals surface area contributed by atoms with Crippen molar-refractivity contribution in [2.24, 2.45) is 0 Å². The lowest BCUT2D eigenvalue weighted by atomic mass is 9.99. The molecule has 0 radical (unpaired) electrons. The average Bonchev–Trinajstić information content (AvgIpc) is 4.04. The Labute approximate surface area is 349 Å². The Morgan fingerprint density at radius 1 is 0.367 bits per heavy atom. The second kappa shape index (κ2) is 14.0. The molecule has 0 aliphatic carbocycles. The van der Waals surface area contributed by atoms with E-state index in [9.17, 15) is 0 Å². The number of oxazole rings is 1. The van der Waals surface area contributed by atoms with Crippen LogP contribution in [0, 0.1) is 0 Å². The largest absolute Gasteiger partial charge is 0.456 e. The summed E-state index contributed by atoms with van der Waals surface area (Å²) in [5, 5.41) is 4.60. The predicted octanol–water partition coefficient (Wildman–Crippen LogP) is 16.2. The van der Waals surface area contributed by atoms with Crippen molar-refractivity contribution in [3.8, 4) is 44.8 Å². The maximum absolute atomic E-state index is 6.34. The van der Waals surface area contributed by atoms with Gasteiger partial charge in [0.05, 0.1) is 5.39 Å². The summed E-state index contributed by atoms with van der Waals surface area (Å²) < 4.78 is 15.2. The number of benzene rings is 9. The van der Waals surface area contributed by atoms with Crippen molar-refractivity contribution in [1.82, 2.24) is 4.98 Å². The Morgan fingerprint density at radius 2 is 0.917 bits per heavy atom. The van der Waals surface area contributed by atoms with Crippen LogP contribution in [0.4, 0.5) is 17.1 Å². The van der Waals surface area contributed by atoms with Crippen molar-refractivity contribution in [3.05, 3.63) is 206 Å². The highest BCUT2D eigenvalue weighted by atomic mass is 32.1. The highest BCUT2D eigenvalue weighted by Gasteiger charge is 2.19. The minimum absolute atomic E-state index is 0.599. The molecule has 4 nitrogen and oxygen atoms in total. The first-order valence-corrected chi connectivity index (χ1v) is 20.9. The van der Waals surface area contributed by atoms with Crippen molar-refractivity contribution >= 4 is 81.6 Å². The molecule has 60 heavy (non-hydrogen) atoms. The smallest absolute Gasteiger partial charge is 0.227 e. The van der Waals surface area contributed by atoms with E-state index in [2.05, 4.69) is 169 Å². The number of anilines is 3. The van der Waals surface area contributed by atoms with E-state index in [1.165, 1.54) is 42.4 Å². The van der Waals surface area contributed by atoms with Crippen molar-refractivity contribution in [3.63, 3.8) is 0 Å². The number of aromatic nitrogens is 1. The Morgan fingerprint density at radius 3 is 1.63 bits per heavy atom. The molecule has 282 valence electrons. The summed E-state index contributed by atoms with van der Waals surface area (Å²) >= 11 is 1.85. The van der Waals surface area contributed by atoms with Crippen LogP contribution < -0.4 is 4.90 Å². The third kappa shape index (κ3) is 5.78. The Hall–Kier alpha value is -7.73. The third-order valence-electron chi connectivity index (χ3n) is 11.5. The van der Waals surface area contributed by atoms with E-state index in [1.807, 2.05) is 53.8 Å². The van der Waals surface area contributed by atoms with Crippen LogP contribution in [0.2, 0.25) is 0 Å². The van der Waals surface area contributed by atoms with Crippen LogP contribution in [0.5, 0.6) is 0 Å². The molecule has 12 rings (SSSR count). The summed E-state index contributed by atoms with van der Waals surface area (Å²) in [7, 11) is 0. The summed E-state index contributed by atoms with van der Waals surface area (Å²) in [6.45, 7) is 0. The summed E-state index contributed by atoms with van der Waals surface area (Å²) in [6.07, 6.45) is 0. The van der Waals surface area contributed by atoms with Crippen LogP contribution in [0.25, 0.3) is 98.0 Å². The lowest BCUT2D eigenvalue weighted by Crippen LogP contribution is -2.09. The molecule has 12 aromatic rings. The topological polar surface area (TPSA) is 42.4 Å². The number of hydrogen-bond acceptors (Lipinski definition) is 5. The molecule has 0 spiro atoms. The van der Waals surface area contributed by atoms with Crippen molar-refractivity contribution in [1.29, 1.82) is 0 Å². The first-order chi connectivity index (χ1) is 29.7. The fourth-order valence-electron chi connectivity index (χ4n) is 8.63. The van der Waals surface area contributed by atoms with Gasteiger partial charge in [-0.2, -0.15) is 0 Å². The minimum Gasteiger partial charge on any atom is -0.456 e. The zero-order valence-corrected chi connectivity index (χ0v) is 33.1. The SMILES string of the molecule is c1ccc(-c2ccc(N(c3ccc(-c4ccc5oc6ccc7oc(-c8ccccc8)nc7c6c5c4)cc3)c3ccc(-c4cccc5sc6ccccc6c45)cc3)cc2)cc1. The Balaban J connectivity index is 0.930. The fraction of sp³-hybridized carbons (Fsp3) is 0. The maximum atomic E-state index is 6.34.